The number of rotatable bonds is 3. The van der Waals surface area contributed by atoms with E-state index in [1.165, 1.54) is 18.4 Å². The number of methoxy groups -OCH3 is 1. The molecule has 2 heterocycles. The Labute approximate surface area is 163 Å². The predicted octanol–water partition coefficient (Wildman–Crippen LogP) is 3.62. The number of esters is 1. The molecular weight excluding hydrogens is 364 g/mol. The van der Waals surface area contributed by atoms with Crippen LogP contribution in [0.1, 0.15) is 44.2 Å². The summed E-state index contributed by atoms with van der Waals surface area (Å²) in [4.78, 5) is 39.4. The van der Waals surface area contributed by atoms with E-state index < -0.39 is 17.1 Å². The molecule has 0 bridgehead atoms. The van der Waals surface area contributed by atoms with Crippen molar-refractivity contribution >= 4 is 40.6 Å². The number of ether oxygens (including phenoxy) is 1. The zero-order chi connectivity index (χ0) is 19.9. The van der Waals surface area contributed by atoms with Gasteiger partial charge in [-0.1, -0.05) is 13.0 Å². The molecule has 2 aliphatic rings. The average Bonchev–Trinajstić information content (AvgIpc) is 2.87. The smallest absolute Gasteiger partial charge is 0.325 e. The van der Waals surface area contributed by atoms with Crippen LogP contribution in [0.25, 0.3) is 6.08 Å². The predicted molar refractivity (Wildman–Crippen MR) is 107 cm³/mol. The van der Waals surface area contributed by atoms with Crippen LogP contribution in [0.5, 0.6) is 0 Å². The molecule has 6 nitrogen and oxygen atoms in total. The van der Waals surface area contributed by atoms with Crippen molar-refractivity contribution in [3.05, 3.63) is 34.2 Å². The minimum Gasteiger partial charge on any atom is -0.468 e. The van der Waals surface area contributed by atoms with Crippen LogP contribution in [0.3, 0.4) is 0 Å². The summed E-state index contributed by atoms with van der Waals surface area (Å²) in [6, 6.07) is 6.11. The Kier molecular flexibility index (Phi) is 5.08. The van der Waals surface area contributed by atoms with Gasteiger partial charge in [-0.05, 0) is 67.3 Å². The fraction of sp³-hybridized carbons (Fsp3) is 0.450. The third-order valence-electron chi connectivity index (χ3n) is 5.34. The molecule has 2 amide bonds. The van der Waals surface area contributed by atoms with E-state index in [4.69, 9.17) is 0 Å². The Hall–Kier alpha value is -2.28. The van der Waals surface area contributed by atoms with Gasteiger partial charge in [-0.3, -0.25) is 19.3 Å². The number of hydrogen-bond donors (Lipinski definition) is 0. The fourth-order valence-corrected chi connectivity index (χ4v) is 4.50. The van der Waals surface area contributed by atoms with Crippen molar-refractivity contribution < 1.29 is 19.1 Å². The zero-order valence-corrected chi connectivity index (χ0v) is 17.1. The van der Waals surface area contributed by atoms with E-state index >= 15 is 0 Å². The molecule has 0 aromatic heterocycles. The van der Waals surface area contributed by atoms with Gasteiger partial charge in [-0.2, -0.15) is 0 Å². The van der Waals surface area contributed by atoms with Gasteiger partial charge in [0, 0.05) is 18.3 Å². The first-order valence-electron chi connectivity index (χ1n) is 8.84. The SMILES string of the molecule is COC(=O)CN1C(=O)S/C(=C\c2ccc3c(c2)C(C)CC(C)(C)N3C)C1=O. The quantitative estimate of drug-likeness (QED) is 0.582. The second-order valence-corrected chi connectivity index (χ2v) is 8.63. The zero-order valence-electron chi connectivity index (χ0n) is 16.2. The Morgan fingerprint density at radius 3 is 2.74 bits per heavy atom. The number of thioether (sulfide) groups is 1. The lowest BCUT2D eigenvalue weighted by molar-refractivity contribution is -0.143. The van der Waals surface area contributed by atoms with Gasteiger partial charge < -0.3 is 9.64 Å². The molecule has 1 saturated heterocycles. The molecule has 7 heteroatoms. The minimum absolute atomic E-state index is 0.0878. The van der Waals surface area contributed by atoms with Crippen LogP contribution >= 0.6 is 11.8 Å². The van der Waals surface area contributed by atoms with E-state index in [1.807, 2.05) is 6.07 Å². The van der Waals surface area contributed by atoms with E-state index in [0.29, 0.717) is 10.8 Å². The fourth-order valence-electron chi connectivity index (χ4n) is 3.67. The molecule has 1 atom stereocenters. The summed E-state index contributed by atoms with van der Waals surface area (Å²) in [7, 11) is 3.33. The second-order valence-electron chi connectivity index (χ2n) is 7.64. The van der Waals surface area contributed by atoms with Crippen LogP contribution in [-0.4, -0.2) is 48.3 Å². The summed E-state index contributed by atoms with van der Waals surface area (Å²) in [5.41, 5.74) is 3.39. The normalized spacial score (nSPS) is 23.0. The van der Waals surface area contributed by atoms with E-state index in [2.05, 4.69) is 49.6 Å². The number of amides is 2. The number of carbonyl (C=O) groups excluding carboxylic acids is 3. The summed E-state index contributed by atoms with van der Waals surface area (Å²) in [6.07, 6.45) is 2.75. The van der Waals surface area contributed by atoms with Crippen molar-refractivity contribution in [2.45, 2.75) is 38.6 Å². The van der Waals surface area contributed by atoms with Gasteiger partial charge in [0.2, 0.25) is 0 Å². The Morgan fingerprint density at radius 2 is 2.07 bits per heavy atom. The van der Waals surface area contributed by atoms with Crippen molar-refractivity contribution in [2.75, 3.05) is 25.6 Å². The summed E-state index contributed by atoms with van der Waals surface area (Å²) >= 11 is 0.848. The summed E-state index contributed by atoms with van der Waals surface area (Å²) in [5, 5.41) is -0.454. The summed E-state index contributed by atoms with van der Waals surface area (Å²) in [5.74, 6) is -0.680. The van der Waals surface area contributed by atoms with Crippen molar-refractivity contribution in [1.29, 1.82) is 0 Å². The number of nitrogens with zero attached hydrogens (tertiary/aromatic N) is 2. The number of anilines is 1. The molecule has 1 unspecified atom stereocenters. The van der Waals surface area contributed by atoms with Gasteiger partial charge in [0.25, 0.3) is 11.1 Å². The lowest BCUT2D eigenvalue weighted by Gasteiger charge is -2.45. The molecular formula is C20H24N2O4S. The van der Waals surface area contributed by atoms with Gasteiger partial charge in [0.1, 0.15) is 6.54 Å². The van der Waals surface area contributed by atoms with Crippen LogP contribution in [0.2, 0.25) is 0 Å². The Morgan fingerprint density at radius 1 is 1.37 bits per heavy atom. The highest BCUT2D eigenvalue weighted by Crippen LogP contribution is 2.43. The maximum Gasteiger partial charge on any atom is 0.325 e. The number of carbonyl (C=O) groups is 3. The Bertz CT molecular complexity index is 846. The monoisotopic (exact) mass is 388 g/mol. The Balaban J connectivity index is 1.89. The molecule has 0 radical (unpaired) electrons. The molecule has 0 N–H and O–H groups in total. The number of fused-ring (bicyclic) bond motifs is 1. The lowest BCUT2D eigenvalue weighted by Crippen LogP contribution is -2.45. The summed E-state index contributed by atoms with van der Waals surface area (Å²) < 4.78 is 4.54. The highest BCUT2D eigenvalue weighted by Gasteiger charge is 2.37. The minimum atomic E-state index is -0.619. The van der Waals surface area contributed by atoms with Crippen molar-refractivity contribution in [1.82, 2.24) is 4.90 Å². The molecule has 3 rings (SSSR count). The standard InChI is InChI=1S/C20H24N2O4S/c1-12-10-20(2,3)21(4)15-7-6-13(8-14(12)15)9-16-18(24)22(19(25)27-16)11-17(23)26-5/h6-9,12H,10-11H2,1-5H3/b16-9-. The number of imide groups is 1. The maximum atomic E-state index is 12.5. The van der Waals surface area contributed by atoms with Gasteiger partial charge in [-0.25, -0.2) is 0 Å². The summed E-state index contributed by atoms with van der Waals surface area (Å²) in [6.45, 7) is 6.32. The molecule has 0 saturated carbocycles. The second kappa shape index (κ2) is 7.03. The van der Waals surface area contributed by atoms with Crippen LogP contribution < -0.4 is 4.90 Å². The van der Waals surface area contributed by atoms with E-state index in [-0.39, 0.29) is 12.1 Å². The van der Waals surface area contributed by atoms with E-state index in [0.717, 1.165) is 28.6 Å². The highest BCUT2D eigenvalue weighted by molar-refractivity contribution is 8.18. The van der Waals surface area contributed by atoms with Crippen molar-refractivity contribution in [2.24, 2.45) is 0 Å². The van der Waals surface area contributed by atoms with Gasteiger partial charge in [0.05, 0.1) is 12.0 Å². The van der Waals surface area contributed by atoms with Crippen LogP contribution in [-0.2, 0) is 14.3 Å². The van der Waals surface area contributed by atoms with E-state index in [1.54, 1.807) is 6.08 Å². The molecule has 1 fully saturated rings. The number of benzene rings is 1. The van der Waals surface area contributed by atoms with Gasteiger partial charge in [0.15, 0.2) is 0 Å². The van der Waals surface area contributed by atoms with Crippen molar-refractivity contribution in [3.8, 4) is 0 Å². The van der Waals surface area contributed by atoms with E-state index in [9.17, 15) is 14.4 Å². The van der Waals surface area contributed by atoms with Gasteiger partial charge >= 0.3 is 5.97 Å². The molecule has 0 aliphatic carbocycles. The molecule has 2 aliphatic heterocycles. The van der Waals surface area contributed by atoms with Crippen LogP contribution in [0, 0.1) is 0 Å². The molecule has 1 aromatic carbocycles. The van der Waals surface area contributed by atoms with Crippen molar-refractivity contribution in [3.63, 3.8) is 0 Å². The third kappa shape index (κ3) is 3.60. The third-order valence-corrected chi connectivity index (χ3v) is 6.25. The van der Waals surface area contributed by atoms with Gasteiger partial charge in [-0.15, -0.1) is 0 Å². The largest absolute Gasteiger partial charge is 0.468 e. The molecule has 144 valence electrons. The first-order chi connectivity index (χ1) is 12.6. The molecule has 1 aromatic rings. The molecule has 27 heavy (non-hydrogen) atoms. The highest BCUT2D eigenvalue weighted by atomic mass is 32.2. The lowest BCUT2D eigenvalue weighted by atomic mass is 9.80. The first-order valence-corrected chi connectivity index (χ1v) is 9.65. The topological polar surface area (TPSA) is 66.9 Å². The maximum absolute atomic E-state index is 12.5. The first kappa shape index (κ1) is 19.5. The molecule has 0 spiro atoms. The number of hydrogen-bond acceptors (Lipinski definition) is 6. The van der Waals surface area contributed by atoms with Crippen LogP contribution in [0.4, 0.5) is 10.5 Å². The van der Waals surface area contributed by atoms with Crippen LogP contribution in [0.15, 0.2) is 23.1 Å². The average molecular weight is 388 g/mol.